The predicted molar refractivity (Wildman–Crippen MR) is 96.4 cm³/mol. The Bertz CT molecular complexity index is 884. The number of para-hydroxylation sites is 1. The number of rotatable bonds is 4. The fourth-order valence-corrected chi connectivity index (χ4v) is 2.48. The zero-order valence-corrected chi connectivity index (χ0v) is 14.0. The van der Waals surface area contributed by atoms with E-state index < -0.39 is 6.10 Å². The van der Waals surface area contributed by atoms with Gasteiger partial charge >= 0.3 is 0 Å². The van der Waals surface area contributed by atoms with E-state index >= 15 is 0 Å². The number of anilines is 1. The number of pyridine rings is 1. The maximum absolute atomic E-state index is 12.4. The summed E-state index contributed by atoms with van der Waals surface area (Å²) in [5.41, 5.74) is 3.79. The lowest BCUT2D eigenvalue weighted by Crippen LogP contribution is -2.30. The molecule has 0 aliphatic carbocycles. The van der Waals surface area contributed by atoms with Gasteiger partial charge in [-0.2, -0.15) is 0 Å². The number of carbonyl (C=O) groups is 1. The van der Waals surface area contributed by atoms with Gasteiger partial charge in [0, 0.05) is 11.6 Å². The van der Waals surface area contributed by atoms with Crippen LogP contribution < -0.4 is 10.1 Å². The highest BCUT2D eigenvalue weighted by Crippen LogP contribution is 2.22. The van der Waals surface area contributed by atoms with Gasteiger partial charge in [-0.15, -0.1) is 0 Å². The molecule has 4 nitrogen and oxygen atoms in total. The maximum Gasteiger partial charge on any atom is 0.265 e. The fourth-order valence-electron chi connectivity index (χ4n) is 2.48. The van der Waals surface area contributed by atoms with Gasteiger partial charge < -0.3 is 10.1 Å². The van der Waals surface area contributed by atoms with Gasteiger partial charge in [-0.3, -0.25) is 9.78 Å². The predicted octanol–water partition coefficient (Wildman–Crippen LogP) is 4.26. The minimum atomic E-state index is -0.605. The molecule has 4 heteroatoms. The lowest BCUT2D eigenvalue weighted by Gasteiger charge is -2.16. The molecule has 1 amide bonds. The molecule has 0 saturated heterocycles. The van der Waals surface area contributed by atoms with E-state index in [1.165, 1.54) is 5.56 Å². The molecule has 0 fully saturated rings. The van der Waals surface area contributed by atoms with Crippen molar-refractivity contribution in [1.29, 1.82) is 0 Å². The van der Waals surface area contributed by atoms with Gasteiger partial charge in [-0.25, -0.2) is 0 Å². The molecule has 122 valence electrons. The first kappa shape index (κ1) is 16.0. The van der Waals surface area contributed by atoms with Gasteiger partial charge in [0.2, 0.25) is 0 Å². The highest BCUT2D eigenvalue weighted by Gasteiger charge is 2.16. The van der Waals surface area contributed by atoms with E-state index in [9.17, 15) is 4.79 Å². The number of nitrogens with one attached hydrogen (secondary N) is 1. The van der Waals surface area contributed by atoms with E-state index in [1.807, 2.05) is 62.4 Å². The van der Waals surface area contributed by atoms with Gasteiger partial charge in [0.05, 0.1) is 11.2 Å². The molecule has 1 unspecified atom stereocenters. The van der Waals surface area contributed by atoms with Crippen LogP contribution in [-0.4, -0.2) is 17.0 Å². The fraction of sp³-hybridized carbons (Fsp3) is 0.200. The van der Waals surface area contributed by atoms with Crippen molar-refractivity contribution in [2.24, 2.45) is 0 Å². The third-order valence-corrected chi connectivity index (χ3v) is 4.05. The molecule has 0 bridgehead atoms. The SMILES string of the molecule is Cc1ccc(OC(C)C(=O)Nc2cccc3cccnc23)cc1C. The Morgan fingerprint density at radius 1 is 1.08 bits per heavy atom. The van der Waals surface area contributed by atoms with Crippen molar-refractivity contribution in [2.45, 2.75) is 26.9 Å². The average molecular weight is 320 g/mol. The van der Waals surface area contributed by atoms with Crippen molar-refractivity contribution in [1.82, 2.24) is 4.98 Å². The van der Waals surface area contributed by atoms with Crippen molar-refractivity contribution in [3.05, 3.63) is 65.9 Å². The Morgan fingerprint density at radius 2 is 1.88 bits per heavy atom. The number of hydrogen-bond acceptors (Lipinski definition) is 3. The van der Waals surface area contributed by atoms with Crippen molar-refractivity contribution < 1.29 is 9.53 Å². The van der Waals surface area contributed by atoms with E-state index in [2.05, 4.69) is 10.3 Å². The summed E-state index contributed by atoms with van der Waals surface area (Å²) in [7, 11) is 0. The largest absolute Gasteiger partial charge is 0.481 e. The Kier molecular flexibility index (Phi) is 4.47. The molecule has 1 atom stereocenters. The summed E-state index contributed by atoms with van der Waals surface area (Å²) in [5.74, 6) is 0.489. The van der Waals surface area contributed by atoms with Crippen LogP contribution in [0.2, 0.25) is 0 Å². The molecule has 1 N–H and O–H groups in total. The standard InChI is InChI=1S/C20H20N2O2/c1-13-9-10-17(12-14(13)2)24-15(3)20(23)22-18-8-4-6-16-7-5-11-21-19(16)18/h4-12,15H,1-3H3,(H,22,23). The monoisotopic (exact) mass is 320 g/mol. The Hall–Kier alpha value is -2.88. The van der Waals surface area contributed by atoms with E-state index in [1.54, 1.807) is 13.1 Å². The number of carbonyl (C=O) groups excluding carboxylic acids is 1. The van der Waals surface area contributed by atoms with E-state index in [0.717, 1.165) is 16.5 Å². The van der Waals surface area contributed by atoms with Crippen molar-refractivity contribution in [3.8, 4) is 5.75 Å². The number of fused-ring (bicyclic) bond motifs is 1. The molecule has 3 aromatic rings. The molecule has 1 heterocycles. The molecule has 0 radical (unpaired) electrons. The summed E-state index contributed by atoms with van der Waals surface area (Å²) in [4.78, 5) is 16.8. The summed E-state index contributed by atoms with van der Waals surface area (Å²) >= 11 is 0. The second-order valence-electron chi connectivity index (χ2n) is 5.88. The number of hydrogen-bond donors (Lipinski definition) is 1. The Morgan fingerprint density at radius 3 is 2.67 bits per heavy atom. The van der Waals surface area contributed by atoms with E-state index in [-0.39, 0.29) is 5.91 Å². The molecule has 1 aromatic heterocycles. The third kappa shape index (κ3) is 3.38. The van der Waals surface area contributed by atoms with Crippen LogP contribution in [0.5, 0.6) is 5.75 Å². The maximum atomic E-state index is 12.4. The van der Waals surface area contributed by atoms with Gasteiger partial charge in [0.25, 0.3) is 5.91 Å². The molecule has 0 saturated carbocycles. The highest BCUT2D eigenvalue weighted by atomic mass is 16.5. The van der Waals surface area contributed by atoms with E-state index in [4.69, 9.17) is 4.74 Å². The topological polar surface area (TPSA) is 51.2 Å². The summed E-state index contributed by atoms with van der Waals surface area (Å²) in [5, 5.41) is 3.89. The smallest absolute Gasteiger partial charge is 0.265 e. The molecule has 2 aromatic carbocycles. The minimum absolute atomic E-state index is 0.202. The molecule has 3 rings (SSSR count). The summed E-state index contributed by atoms with van der Waals surface area (Å²) in [6, 6.07) is 15.4. The second kappa shape index (κ2) is 6.71. The first-order chi connectivity index (χ1) is 11.5. The van der Waals surface area contributed by atoms with Crippen LogP contribution in [0.15, 0.2) is 54.7 Å². The van der Waals surface area contributed by atoms with Gasteiger partial charge in [0.15, 0.2) is 6.10 Å². The van der Waals surface area contributed by atoms with Crippen LogP contribution in [0.25, 0.3) is 10.9 Å². The molecular formula is C20H20N2O2. The lowest BCUT2D eigenvalue weighted by atomic mass is 10.1. The third-order valence-electron chi connectivity index (χ3n) is 4.05. The molecule has 0 spiro atoms. The van der Waals surface area contributed by atoms with Crippen LogP contribution in [-0.2, 0) is 4.79 Å². The number of amides is 1. The van der Waals surface area contributed by atoms with Crippen molar-refractivity contribution in [3.63, 3.8) is 0 Å². The zero-order valence-electron chi connectivity index (χ0n) is 14.0. The summed E-state index contributed by atoms with van der Waals surface area (Å²) in [6.45, 7) is 5.81. The van der Waals surface area contributed by atoms with Crippen LogP contribution in [0, 0.1) is 13.8 Å². The summed E-state index contributed by atoms with van der Waals surface area (Å²) < 4.78 is 5.76. The summed E-state index contributed by atoms with van der Waals surface area (Å²) in [6.07, 6.45) is 1.11. The number of aryl methyl sites for hydroxylation is 2. The lowest BCUT2D eigenvalue weighted by molar-refractivity contribution is -0.122. The van der Waals surface area contributed by atoms with Crippen LogP contribution in [0.3, 0.4) is 0 Å². The van der Waals surface area contributed by atoms with Crippen molar-refractivity contribution in [2.75, 3.05) is 5.32 Å². The van der Waals surface area contributed by atoms with Crippen LogP contribution in [0.4, 0.5) is 5.69 Å². The minimum Gasteiger partial charge on any atom is -0.481 e. The number of benzene rings is 2. The van der Waals surface area contributed by atoms with Crippen LogP contribution in [0.1, 0.15) is 18.1 Å². The molecular weight excluding hydrogens is 300 g/mol. The Labute approximate surface area is 141 Å². The first-order valence-electron chi connectivity index (χ1n) is 7.93. The normalized spacial score (nSPS) is 12.0. The van der Waals surface area contributed by atoms with E-state index in [0.29, 0.717) is 11.4 Å². The van der Waals surface area contributed by atoms with Crippen LogP contribution >= 0.6 is 0 Å². The zero-order chi connectivity index (χ0) is 17.1. The number of aromatic nitrogens is 1. The molecule has 24 heavy (non-hydrogen) atoms. The highest BCUT2D eigenvalue weighted by molar-refractivity contribution is 6.01. The van der Waals surface area contributed by atoms with Gasteiger partial charge in [-0.1, -0.05) is 24.3 Å². The van der Waals surface area contributed by atoms with Crippen molar-refractivity contribution >= 4 is 22.5 Å². The number of ether oxygens (including phenoxy) is 1. The second-order valence-corrected chi connectivity index (χ2v) is 5.88. The number of nitrogens with zero attached hydrogens (tertiary/aromatic N) is 1. The van der Waals surface area contributed by atoms with Gasteiger partial charge in [-0.05, 0) is 56.2 Å². The molecule has 0 aliphatic rings. The Balaban J connectivity index is 1.75. The first-order valence-corrected chi connectivity index (χ1v) is 7.93. The van der Waals surface area contributed by atoms with Gasteiger partial charge in [0.1, 0.15) is 5.75 Å². The average Bonchev–Trinajstić information content (AvgIpc) is 2.58. The quantitative estimate of drug-likeness (QED) is 0.781. The molecule has 0 aliphatic heterocycles.